The topological polar surface area (TPSA) is 58.6 Å². The summed E-state index contributed by atoms with van der Waals surface area (Å²) in [5.41, 5.74) is 0.933. The number of carbonyl (C=O) groups is 1. The smallest absolute Gasteiger partial charge is 0.227 e. The number of amides is 1. The minimum absolute atomic E-state index is 0.160. The average molecular weight is 331 g/mol. The molecule has 0 saturated carbocycles. The van der Waals surface area contributed by atoms with Crippen LogP contribution in [-0.4, -0.2) is 17.6 Å². The summed E-state index contributed by atoms with van der Waals surface area (Å²) in [7, 11) is 0. The highest BCUT2D eigenvalue weighted by Gasteiger charge is 2.15. The number of anilines is 1. The SMILES string of the molecule is CCCCOc1ccccc1NC(=O)CC(O)c1cccc(F)c1. The van der Waals surface area contributed by atoms with Crippen LogP contribution in [0.2, 0.25) is 0 Å². The van der Waals surface area contributed by atoms with E-state index >= 15 is 0 Å². The predicted molar refractivity (Wildman–Crippen MR) is 91.5 cm³/mol. The van der Waals surface area contributed by atoms with Crippen molar-refractivity contribution in [1.29, 1.82) is 0 Å². The summed E-state index contributed by atoms with van der Waals surface area (Å²) >= 11 is 0. The Morgan fingerprint density at radius 2 is 2.04 bits per heavy atom. The number of halogens is 1. The molecule has 2 rings (SSSR count). The molecule has 5 heteroatoms. The van der Waals surface area contributed by atoms with Crippen LogP contribution in [0.25, 0.3) is 0 Å². The molecule has 128 valence electrons. The summed E-state index contributed by atoms with van der Waals surface area (Å²) in [6, 6.07) is 12.8. The zero-order valence-corrected chi connectivity index (χ0v) is 13.7. The number of benzene rings is 2. The molecule has 4 nitrogen and oxygen atoms in total. The van der Waals surface area contributed by atoms with Crippen LogP contribution in [0, 0.1) is 5.82 Å². The van der Waals surface area contributed by atoms with E-state index in [2.05, 4.69) is 12.2 Å². The van der Waals surface area contributed by atoms with Gasteiger partial charge in [0.2, 0.25) is 5.91 Å². The van der Waals surface area contributed by atoms with Crippen molar-refractivity contribution in [1.82, 2.24) is 0 Å². The van der Waals surface area contributed by atoms with Gasteiger partial charge in [-0.05, 0) is 36.2 Å². The number of unbranched alkanes of at least 4 members (excludes halogenated alkanes) is 1. The number of para-hydroxylation sites is 2. The van der Waals surface area contributed by atoms with Gasteiger partial charge in [-0.2, -0.15) is 0 Å². The molecule has 0 heterocycles. The normalized spacial score (nSPS) is 11.8. The Balaban J connectivity index is 1.97. The molecule has 24 heavy (non-hydrogen) atoms. The summed E-state index contributed by atoms with van der Waals surface area (Å²) in [6.45, 7) is 2.65. The number of nitrogens with one attached hydrogen (secondary N) is 1. The van der Waals surface area contributed by atoms with Crippen molar-refractivity contribution in [2.45, 2.75) is 32.3 Å². The number of aliphatic hydroxyl groups excluding tert-OH is 1. The molecule has 0 fully saturated rings. The fourth-order valence-electron chi connectivity index (χ4n) is 2.23. The number of ether oxygens (including phenoxy) is 1. The Morgan fingerprint density at radius 3 is 2.79 bits per heavy atom. The quantitative estimate of drug-likeness (QED) is 0.717. The highest BCUT2D eigenvalue weighted by atomic mass is 19.1. The van der Waals surface area contributed by atoms with Crippen LogP contribution in [0.3, 0.4) is 0 Å². The molecule has 0 aromatic heterocycles. The Labute approximate surface area is 141 Å². The first-order chi connectivity index (χ1) is 11.6. The van der Waals surface area contributed by atoms with Gasteiger partial charge in [0.25, 0.3) is 0 Å². The third kappa shape index (κ3) is 5.35. The predicted octanol–water partition coefficient (Wildman–Crippen LogP) is 4.07. The monoisotopic (exact) mass is 331 g/mol. The molecule has 2 N–H and O–H groups in total. The number of hydrogen-bond acceptors (Lipinski definition) is 3. The highest BCUT2D eigenvalue weighted by molar-refractivity contribution is 5.92. The second-order valence-electron chi connectivity index (χ2n) is 5.52. The van der Waals surface area contributed by atoms with E-state index in [1.54, 1.807) is 24.3 Å². The van der Waals surface area contributed by atoms with E-state index in [9.17, 15) is 14.3 Å². The van der Waals surface area contributed by atoms with Crippen molar-refractivity contribution in [2.24, 2.45) is 0 Å². The minimum atomic E-state index is -1.06. The molecule has 0 saturated heterocycles. The van der Waals surface area contributed by atoms with Gasteiger partial charge >= 0.3 is 0 Å². The van der Waals surface area contributed by atoms with Gasteiger partial charge in [0.05, 0.1) is 24.8 Å². The van der Waals surface area contributed by atoms with Crippen molar-refractivity contribution in [2.75, 3.05) is 11.9 Å². The minimum Gasteiger partial charge on any atom is -0.491 e. The molecule has 2 aromatic carbocycles. The van der Waals surface area contributed by atoms with Gasteiger partial charge in [-0.15, -0.1) is 0 Å². The van der Waals surface area contributed by atoms with Crippen LogP contribution in [0.1, 0.15) is 37.9 Å². The highest BCUT2D eigenvalue weighted by Crippen LogP contribution is 2.25. The number of rotatable bonds is 8. The molecule has 0 radical (unpaired) electrons. The van der Waals surface area contributed by atoms with Crippen molar-refractivity contribution < 1.29 is 19.0 Å². The largest absolute Gasteiger partial charge is 0.491 e. The molecular formula is C19H22FNO3. The van der Waals surface area contributed by atoms with E-state index in [0.717, 1.165) is 12.8 Å². The standard InChI is InChI=1S/C19H22FNO3/c1-2-3-11-24-18-10-5-4-9-16(18)21-19(23)13-17(22)14-7-6-8-15(20)12-14/h4-10,12,17,22H,2-3,11,13H2,1H3,(H,21,23). The van der Waals surface area contributed by atoms with Crippen LogP contribution < -0.4 is 10.1 Å². The second kappa shape index (κ2) is 9.03. The first-order valence-electron chi connectivity index (χ1n) is 8.05. The average Bonchev–Trinajstić information content (AvgIpc) is 2.56. The van der Waals surface area contributed by atoms with Crippen LogP contribution in [0.15, 0.2) is 48.5 Å². The molecular weight excluding hydrogens is 309 g/mol. The lowest BCUT2D eigenvalue weighted by Gasteiger charge is -2.14. The lowest BCUT2D eigenvalue weighted by molar-refractivity contribution is -0.118. The van der Waals surface area contributed by atoms with E-state index in [1.165, 1.54) is 18.2 Å². The summed E-state index contributed by atoms with van der Waals surface area (Å²) in [4.78, 5) is 12.1. The molecule has 0 spiro atoms. The van der Waals surface area contributed by atoms with Gasteiger partial charge in [-0.3, -0.25) is 4.79 Å². The van der Waals surface area contributed by atoms with E-state index in [1.807, 2.05) is 6.07 Å². The van der Waals surface area contributed by atoms with Crippen LogP contribution >= 0.6 is 0 Å². The van der Waals surface area contributed by atoms with E-state index in [0.29, 0.717) is 23.6 Å². The lowest BCUT2D eigenvalue weighted by Crippen LogP contribution is -2.16. The molecule has 0 aliphatic rings. The van der Waals surface area contributed by atoms with Crippen LogP contribution in [-0.2, 0) is 4.79 Å². The summed E-state index contributed by atoms with van der Waals surface area (Å²) in [6.07, 6.45) is 0.732. The molecule has 0 aliphatic heterocycles. The molecule has 0 bridgehead atoms. The van der Waals surface area contributed by atoms with Crippen LogP contribution in [0.5, 0.6) is 5.75 Å². The van der Waals surface area contributed by atoms with E-state index < -0.39 is 11.9 Å². The third-order valence-electron chi connectivity index (χ3n) is 3.53. The first kappa shape index (κ1) is 17.9. The maximum absolute atomic E-state index is 13.2. The van der Waals surface area contributed by atoms with Gasteiger partial charge in [-0.25, -0.2) is 4.39 Å². The number of aliphatic hydroxyl groups is 1. The van der Waals surface area contributed by atoms with Gasteiger partial charge in [0.15, 0.2) is 0 Å². The molecule has 2 aromatic rings. The van der Waals surface area contributed by atoms with Crippen molar-refractivity contribution in [3.05, 3.63) is 59.9 Å². The third-order valence-corrected chi connectivity index (χ3v) is 3.53. The van der Waals surface area contributed by atoms with E-state index in [4.69, 9.17) is 4.74 Å². The van der Waals surface area contributed by atoms with Crippen LogP contribution in [0.4, 0.5) is 10.1 Å². The fraction of sp³-hybridized carbons (Fsp3) is 0.316. The number of hydrogen-bond donors (Lipinski definition) is 2. The Kier molecular flexibility index (Phi) is 6.75. The van der Waals surface area contributed by atoms with Crippen molar-refractivity contribution >= 4 is 11.6 Å². The van der Waals surface area contributed by atoms with Gasteiger partial charge in [-0.1, -0.05) is 37.6 Å². The summed E-state index contributed by atoms with van der Waals surface area (Å²) < 4.78 is 18.8. The zero-order valence-electron chi connectivity index (χ0n) is 13.7. The number of carbonyl (C=O) groups excluding carboxylic acids is 1. The molecule has 1 atom stereocenters. The Hall–Kier alpha value is -2.40. The second-order valence-corrected chi connectivity index (χ2v) is 5.52. The molecule has 1 amide bonds. The van der Waals surface area contributed by atoms with Crippen molar-refractivity contribution in [3.8, 4) is 5.75 Å². The Bertz CT molecular complexity index is 675. The maximum Gasteiger partial charge on any atom is 0.227 e. The summed E-state index contributed by atoms with van der Waals surface area (Å²) in [5.74, 6) is -0.209. The molecule has 0 aliphatic carbocycles. The lowest BCUT2D eigenvalue weighted by atomic mass is 10.1. The Morgan fingerprint density at radius 1 is 1.25 bits per heavy atom. The maximum atomic E-state index is 13.2. The van der Waals surface area contributed by atoms with Crippen molar-refractivity contribution in [3.63, 3.8) is 0 Å². The first-order valence-corrected chi connectivity index (χ1v) is 8.05. The van der Waals surface area contributed by atoms with Gasteiger partial charge in [0, 0.05) is 0 Å². The molecule has 1 unspecified atom stereocenters. The van der Waals surface area contributed by atoms with E-state index in [-0.39, 0.29) is 12.3 Å². The van der Waals surface area contributed by atoms with Gasteiger partial charge < -0.3 is 15.2 Å². The van der Waals surface area contributed by atoms with Gasteiger partial charge in [0.1, 0.15) is 11.6 Å². The fourth-order valence-corrected chi connectivity index (χ4v) is 2.23. The zero-order chi connectivity index (χ0) is 17.4. The summed E-state index contributed by atoms with van der Waals surface area (Å²) in [5, 5.41) is 12.8.